The lowest BCUT2D eigenvalue weighted by Crippen LogP contribution is -2.29. The zero-order valence-corrected chi connectivity index (χ0v) is 15.2. The maximum absolute atomic E-state index is 12.8. The number of nitrogens with one attached hydrogen (secondary N) is 1. The van der Waals surface area contributed by atoms with Crippen LogP contribution in [0.3, 0.4) is 0 Å². The van der Waals surface area contributed by atoms with E-state index in [1.807, 2.05) is 48.5 Å². The monoisotopic (exact) mass is 382 g/mol. The summed E-state index contributed by atoms with van der Waals surface area (Å²) < 4.78 is 38.8. The first-order valence-electron chi connectivity index (χ1n) is 8.49. The summed E-state index contributed by atoms with van der Waals surface area (Å²) in [7, 11) is -3.71. The third kappa shape index (κ3) is 3.79. The lowest BCUT2D eigenvalue weighted by Gasteiger charge is -2.18. The first-order chi connectivity index (χ1) is 13.1. The van der Waals surface area contributed by atoms with Crippen molar-refractivity contribution in [3.8, 4) is 11.5 Å². The van der Waals surface area contributed by atoms with E-state index >= 15 is 0 Å². The van der Waals surface area contributed by atoms with Crippen LogP contribution in [0.1, 0.15) is 17.2 Å². The summed E-state index contributed by atoms with van der Waals surface area (Å²) in [6.45, 7) is 0.291. The van der Waals surface area contributed by atoms with E-state index in [1.165, 1.54) is 12.1 Å². The number of aromatic nitrogens is 1. The minimum absolute atomic E-state index is 0.0992. The maximum atomic E-state index is 12.8. The van der Waals surface area contributed by atoms with Gasteiger partial charge < -0.3 is 9.47 Å². The van der Waals surface area contributed by atoms with Crippen LogP contribution in [0.15, 0.2) is 77.8 Å². The topological polar surface area (TPSA) is 77.5 Å². The Labute approximate surface area is 157 Å². The Morgan fingerprint density at radius 1 is 0.963 bits per heavy atom. The fourth-order valence-corrected chi connectivity index (χ4v) is 4.04. The molecule has 138 valence electrons. The number of ether oxygens (including phenoxy) is 2. The van der Waals surface area contributed by atoms with E-state index in [9.17, 15) is 8.42 Å². The second-order valence-electron chi connectivity index (χ2n) is 6.08. The molecule has 2 heterocycles. The predicted molar refractivity (Wildman–Crippen MR) is 100 cm³/mol. The van der Waals surface area contributed by atoms with Gasteiger partial charge in [0.25, 0.3) is 0 Å². The first-order valence-corrected chi connectivity index (χ1v) is 9.97. The van der Waals surface area contributed by atoms with Gasteiger partial charge >= 0.3 is 0 Å². The molecule has 0 spiro atoms. The molecule has 7 heteroatoms. The summed E-state index contributed by atoms with van der Waals surface area (Å²) in [6.07, 6.45) is 1.71. The minimum atomic E-state index is -3.71. The summed E-state index contributed by atoms with van der Waals surface area (Å²) in [6, 6.07) is 19.9. The number of hydrogen-bond acceptors (Lipinski definition) is 5. The van der Waals surface area contributed by atoms with E-state index in [1.54, 1.807) is 12.3 Å². The first kappa shape index (κ1) is 17.5. The summed E-state index contributed by atoms with van der Waals surface area (Å²) >= 11 is 0. The van der Waals surface area contributed by atoms with E-state index in [0.29, 0.717) is 11.5 Å². The van der Waals surface area contributed by atoms with Crippen LogP contribution < -0.4 is 14.2 Å². The van der Waals surface area contributed by atoms with Gasteiger partial charge in [0.1, 0.15) is 0 Å². The highest BCUT2D eigenvalue weighted by atomic mass is 32.2. The van der Waals surface area contributed by atoms with Crippen molar-refractivity contribution in [1.82, 2.24) is 9.71 Å². The lowest BCUT2D eigenvalue weighted by molar-refractivity contribution is 0.174. The minimum Gasteiger partial charge on any atom is -0.454 e. The van der Waals surface area contributed by atoms with Gasteiger partial charge in [-0.15, -0.1) is 0 Å². The molecule has 27 heavy (non-hydrogen) atoms. The average Bonchev–Trinajstić information content (AvgIpc) is 3.18. The van der Waals surface area contributed by atoms with Crippen molar-refractivity contribution >= 4 is 10.0 Å². The van der Waals surface area contributed by atoms with E-state index in [0.717, 1.165) is 11.3 Å². The van der Waals surface area contributed by atoms with Crippen molar-refractivity contribution in [3.63, 3.8) is 0 Å². The lowest BCUT2D eigenvalue weighted by atomic mass is 9.95. The van der Waals surface area contributed by atoms with Crippen molar-refractivity contribution in [2.75, 3.05) is 13.3 Å². The van der Waals surface area contributed by atoms with Crippen LogP contribution in [0.5, 0.6) is 11.5 Å². The molecule has 1 aliphatic rings. The SMILES string of the molecule is O=S(=O)(NCC(c1ccccc1)c1ccccn1)c1ccc2c(c1)OCO2. The number of rotatable bonds is 6. The molecule has 6 nitrogen and oxygen atoms in total. The van der Waals surface area contributed by atoms with Gasteiger partial charge in [-0.05, 0) is 29.8 Å². The molecule has 3 aromatic rings. The van der Waals surface area contributed by atoms with Gasteiger partial charge in [-0.2, -0.15) is 0 Å². The molecule has 1 N–H and O–H groups in total. The third-order valence-electron chi connectivity index (χ3n) is 4.38. The van der Waals surface area contributed by atoms with Gasteiger partial charge in [0.15, 0.2) is 11.5 Å². The normalized spacial score (nSPS) is 14.1. The van der Waals surface area contributed by atoms with Crippen LogP contribution in [0.4, 0.5) is 0 Å². The van der Waals surface area contributed by atoms with E-state index < -0.39 is 10.0 Å². The standard InChI is InChI=1S/C20H18N2O4S/c23-27(24,16-9-10-19-20(12-16)26-14-25-19)22-13-17(15-6-2-1-3-7-15)18-8-4-5-11-21-18/h1-12,17,22H,13-14H2. The fourth-order valence-electron chi connectivity index (χ4n) is 2.98. The second-order valence-corrected chi connectivity index (χ2v) is 7.85. The second kappa shape index (κ2) is 7.38. The molecule has 1 aliphatic heterocycles. The molecule has 0 saturated carbocycles. The highest BCUT2D eigenvalue weighted by Gasteiger charge is 2.23. The van der Waals surface area contributed by atoms with Crippen LogP contribution in [-0.2, 0) is 10.0 Å². The Morgan fingerprint density at radius 2 is 1.74 bits per heavy atom. The van der Waals surface area contributed by atoms with Crippen molar-refractivity contribution < 1.29 is 17.9 Å². The molecule has 0 aliphatic carbocycles. The van der Waals surface area contributed by atoms with Crippen molar-refractivity contribution in [1.29, 1.82) is 0 Å². The Bertz CT molecular complexity index is 985. The third-order valence-corrected chi connectivity index (χ3v) is 5.80. The van der Waals surface area contributed by atoms with Crippen LogP contribution in [0.2, 0.25) is 0 Å². The highest BCUT2D eigenvalue weighted by molar-refractivity contribution is 7.89. The van der Waals surface area contributed by atoms with Crippen LogP contribution in [-0.4, -0.2) is 26.7 Å². The largest absolute Gasteiger partial charge is 0.454 e. The van der Waals surface area contributed by atoms with Gasteiger partial charge in [0, 0.05) is 30.4 Å². The van der Waals surface area contributed by atoms with Crippen molar-refractivity contribution in [2.45, 2.75) is 10.8 Å². The molecule has 0 radical (unpaired) electrons. The summed E-state index contributed by atoms with van der Waals surface area (Å²) in [5.41, 5.74) is 1.79. The summed E-state index contributed by atoms with van der Waals surface area (Å²) in [5.74, 6) is 0.781. The van der Waals surface area contributed by atoms with Crippen LogP contribution in [0.25, 0.3) is 0 Å². The predicted octanol–water partition coefficient (Wildman–Crippen LogP) is 2.92. The highest BCUT2D eigenvalue weighted by Crippen LogP contribution is 2.34. The molecular formula is C20H18N2O4S. The molecule has 4 rings (SSSR count). The van der Waals surface area contributed by atoms with Gasteiger partial charge in [-0.1, -0.05) is 36.4 Å². The average molecular weight is 382 g/mol. The molecule has 1 unspecified atom stereocenters. The molecule has 0 amide bonds. The Morgan fingerprint density at radius 3 is 2.52 bits per heavy atom. The Balaban J connectivity index is 1.59. The molecule has 0 saturated heterocycles. The van der Waals surface area contributed by atoms with Crippen LogP contribution >= 0.6 is 0 Å². The fraction of sp³-hybridized carbons (Fsp3) is 0.150. The molecular weight excluding hydrogens is 364 g/mol. The molecule has 2 aromatic carbocycles. The maximum Gasteiger partial charge on any atom is 0.240 e. The van der Waals surface area contributed by atoms with Gasteiger partial charge in [0.2, 0.25) is 16.8 Å². The van der Waals surface area contributed by atoms with Crippen molar-refractivity contribution in [3.05, 3.63) is 84.2 Å². The van der Waals surface area contributed by atoms with Gasteiger partial charge in [-0.25, -0.2) is 13.1 Å². The van der Waals surface area contributed by atoms with E-state index in [4.69, 9.17) is 9.47 Å². The Kier molecular flexibility index (Phi) is 4.79. The van der Waals surface area contributed by atoms with Crippen molar-refractivity contribution in [2.24, 2.45) is 0 Å². The number of hydrogen-bond donors (Lipinski definition) is 1. The van der Waals surface area contributed by atoms with Crippen LogP contribution in [0, 0.1) is 0 Å². The number of pyridine rings is 1. The number of benzene rings is 2. The van der Waals surface area contributed by atoms with Gasteiger partial charge in [0.05, 0.1) is 4.90 Å². The summed E-state index contributed by atoms with van der Waals surface area (Å²) in [4.78, 5) is 4.54. The van der Waals surface area contributed by atoms with E-state index in [-0.39, 0.29) is 24.2 Å². The van der Waals surface area contributed by atoms with Gasteiger partial charge in [-0.3, -0.25) is 4.98 Å². The molecule has 0 fully saturated rings. The number of nitrogens with zero attached hydrogens (tertiary/aromatic N) is 1. The Hall–Kier alpha value is -2.90. The molecule has 1 atom stereocenters. The smallest absolute Gasteiger partial charge is 0.240 e. The summed E-state index contributed by atoms with van der Waals surface area (Å²) in [5, 5.41) is 0. The zero-order chi connectivity index (χ0) is 18.7. The molecule has 0 bridgehead atoms. The number of sulfonamides is 1. The molecule has 1 aromatic heterocycles. The number of fused-ring (bicyclic) bond motifs is 1. The van der Waals surface area contributed by atoms with E-state index in [2.05, 4.69) is 9.71 Å². The quantitative estimate of drug-likeness (QED) is 0.709. The zero-order valence-electron chi connectivity index (χ0n) is 14.4.